The largest absolute Gasteiger partial charge is 0.506 e. The minimum absolute atomic E-state index is 0.0720. The molecular formula is C15H17N3O3. The topological polar surface area (TPSA) is 108 Å². The molecule has 0 bridgehead atoms. The minimum Gasteiger partial charge on any atom is -0.506 e. The second-order valence-corrected chi connectivity index (χ2v) is 4.65. The number of carbonyl (C=O) groups excluding carboxylic acids is 1. The molecule has 1 aromatic carbocycles. The molecule has 0 saturated heterocycles. The number of rotatable bonds is 5. The minimum atomic E-state index is -0.480. The number of carbonyl (C=O) groups is 1. The molecule has 5 N–H and O–H groups in total. The Hall–Kier alpha value is -2.60. The summed E-state index contributed by atoms with van der Waals surface area (Å²) in [6.45, 7) is 1.83. The maximum atomic E-state index is 11.0. The van der Waals surface area contributed by atoms with E-state index in [1.807, 2.05) is 0 Å². The fourth-order valence-electron chi connectivity index (χ4n) is 1.96. The van der Waals surface area contributed by atoms with Crippen LogP contribution in [-0.4, -0.2) is 21.1 Å². The van der Waals surface area contributed by atoms with Gasteiger partial charge in [-0.25, -0.2) is 0 Å². The van der Waals surface area contributed by atoms with Crippen molar-refractivity contribution in [3.05, 3.63) is 52.8 Å². The molecule has 2 aromatic rings. The molecule has 1 amide bonds. The number of aromatic hydroxyl groups is 1. The molecule has 0 aliphatic heterocycles. The van der Waals surface area contributed by atoms with Gasteiger partial charge in [-0.1, -0.05) is 0 Å². The second-order valence-electron chi connectivity index (χ2n) is 4.65. The zero-order chi connectivity index (χ0) is 15.4. The van der Waals surface area contributed by atoms with Gasteiger partial charge in [0.2, 0.25) is 5.91 Å². The third-order valence-electron chi connectivity index (χ3n) is 3.24. The van der Waals surface area contributed by atoms with Crippen LogP contribution in [0.5, 0.6) is 5.75 Å². The van der Waals surface area contributed by atoms with Gasteiger partial charge in [0, 0.05) is 35.1 Å². The quantitative estimate of drug-likeness (QED) is 0.663. The van der Waals surface area contributed by atoms with Crippen molar-refractivity contribution in [3.8, 4) is 5.75 Å². The Morgan fingerprint density at radius 1 is 1.33 bits per heavy atom. The second kappa shape index (κ2) is 6.23. The van der Waals surface area contributed by atoms with Gasteiger partial charge in [-0.2, -0.15) is 0 Å². The Balaban J connectivity index is 2.16. The van der Waals surface area contributed by atoms with Crippen LogP contribution >= 0.6 is 0 Å². The molecule has 6 nitrogen and oxygen atoms in total. The molecule has 21 heavy (non-hydrogen) atoms. The number of hydrogen-bond donors (Lipinski definition) is 4. The zero-order valence-electron chi connectivity index (χ0n) is 11.6. The van der Waals surface area contributed by atoms with Gasteiger partial charge in [-0.05, 0) is 31.2 Å². The summed E-state index contributed by atoms with van der Waals surface area (Å²) in [5.74, 6) is -0.408. The molecule has 0 spiro atoms. The summed E-state index contributed by atoms with van der Waals surface area (Å²) in [6, 6.07) is 6.69. The number of aryl methyl sites for hydroxylation is 1. The highest BCUT2D eigenvalue weighted by Crippen LogP contribution is 2.25. The maximum absolute atomic E-state index is 11.0. The van der Waals surface area contributed by atoms with Crippen LogP contribution in [0, 0.1) is 6.92 Å². The summed E-state index contributed by atoms with van der Waals surface area (Å²) in [7, 11) is 0. The molecule has 0 fully saturated rings. The fourth-order valence-corrected chi connectivity index (χ4v) is 1.96. The Kier molecular flexibility index (Phi) is 4.39. The predicted molar refractivity (Wildman–Crippen MR) is 78.8 cm³/mol. The van der Waals surface area contributed by atoms with Crippen molar-refractivity contribution in [2.45, 2.75) is 20.1 Å². The maximum Gasteiger partial charge on any atom is 0.248 e. The fraction of sp³-hybridized carbons (Fsp3) is 0.200. The number of pyridine rings is 1. The van der Waals surface area contributed by atoms with Gasteiger partial charge in [0.15, 0.2) is 0 Å². The number of aliphatic hydroxyl groups is 1. The number of hydrogen-bond acceptors (Lipinski definition) is 5. The molecule has 0 atom stereocenters. The van der Waals surface area contributed by atoms with Crippen molar-refractivity contribution in [1.82, 2.24) is 4.98 Å². The van der Waals surface area contributed by atoms with Crippen LogP contribution in [0.25, 0.3) is 0 Å². The van der Waals surface area contributed by atoms with E-state index < -0.39 is 5.91 Å². The van der Waals surface area contributed by atoms with Crippen molar-refractivity contribution in [1.29, 1.82) is 0 Å². The van der Waals surface area contributed by atoms with Crippen LogP contribution < -0.4 is 11.1 Å². The molecule has 0 saturated carbocycles. The van der Waals surface area contributed by atoms with Gasteiger partial charge in [0.25, 0.3) is 0 Å². The molecule has 110 valence electrons. The number of aromatic nitrogens is 1. The summed E-state index contributed by atoms with van der Waals surface area (Å²) in [4.78, 5) is 15.0. The zero-order valence-corrected chi connectivity index (χ0v) is 11.6. The third kappa shape index (κ3) is 3.29. The lowest BCUT2D eigenvalue weighted by Crippen LogP contribution is -2.11. The van der Waals surface area contributed by atoms with E-state index >= 15 is 0 Å². The van der Waals surface area contributed by atoms with Crippen molar-refractivity contribution in [2.75, 3.05) is 5.32 Å². The Morgan fingerprint density at radius 3 is 2.57 bits per heavy atom. The van der Waals surface area contributed by atoms with Gasteiger partial charge in [-0.15, -0.1) is 0 Å². The van der Waals surface area contributed by atoms with E-state index in [4.69, 9.17) is 5.73 Å². The molecule has 0 aliphatic rings. The first kappa shape index (κ1) is 14.8. The smallest absolute Gasteiger partial charge is 0.248 e. The molecule has 6 heteroatoms. The summed E-state index contributed by atoms with van der Waals surface area (Å²) < 4.78 is 0. The van der Waals surface area contributed by atoms with E-state index in [0.717, 1.165) is 5.69 Å². The SMILES string of the molecule is Cc1ncc(CO)c(CNc2ccc(C(N)=O)cc2)c1O. The average molecular weight is 287 g/mol. The number of primary amides is 1. The van der Waals surface area contributed by atoms with Crippen LogP contribution in [-0.2, 0) is 13.2 Å². The molecule has 0 aliphatic carbocycles. The summed E-state index contributed by atoms with van der Waals surface area (Å²) in [5.41, 5.74) is 8.06. The van der Waals surface area contributed by atoms with E-state index in [0.29, 0.717) is 28.9 Å². The highest BCUT2D eigenvalue weighted by molar-refractivity contribution is 5.93. The van der Waals surface area contributed by atoms with E-state index in [2.05, 4.69) is 10.3 Å². The first-order chi connectivity index (χ1) is 10.0. The summed E-state index contributed by atoms with van der Waals surface area (Å²) in [5, 5.41) is 22.4. The Bertz CT molecular complexity index is 654. The number of amides is 1. The molecule has 0 unspecified atom stereocenters. The van der Waals surface area contributed by atoms with Crippen molar-refractivity contribution in [2.24, 2.45) is 5.73 Å². The number of nitrogens with two attached hydrogens (primary N) is 1. The number of nitrogens with one attached hydrogen (secondary N) is 1. The highest BCUT2D eigenvalue weighted by atomic mass is 16.3. The normalized spacial score (nSPS) is 10.4. The van der Waals surface area contributed by atoms with Gasteiger partial charge in [0.1, 0.15) is 5.75 Å². The number of nitrogens with zero attached hydrogens (tertiary/aromatic N) is 1. The van der Waals surface area contributed by atoms with E-state index in [9.17, 15) is 15.0 Å². The molecular weight excluding hydrogens is 270 g/mol. The Morgan fingerprint density at radius 2 is 2.00 bits per heavy atom. The lowest BCUT2D eigenvalue weighted by molar-refractivity contribution is 0.100. The molecule has 1 heterocycles. The van der Waals surface area contributed by atoms with Gasteiger partial charge < -0.3 is 21.3 Å². The highest BCUT2D eigenvalue weighted by Gasteiger charge is 2.11. The lowest BCUT2D eigenvalue weighted by Gasteiger charge is -2.13. The van der Waals surface area contributed by atoms with E-state index in [-0.39, 0.29) is 12.4 Å². The van der Waals surface area contributed by atoms with Crippen LogP contribution in [0.4, 0.5) is 5.69 Å². The Labute approximate surface area is 122 Å². The standard InChI is InChI=1S/C15H17N3O3/c1-9-14(20)13(11(8-19)6-17-9)7-18-12-4-2-10(3-5-12)15(16)21/h2-6,18-20H,7-8H2,1H3,(H2,16,21). The lowest BCUT2D eigenvalue weighted by atomic mass is 10.1. The van der Waals surface area contributed by atoms with Gasteiger partial charge in [0.05, 0.1) is 12.3 Å². The first-order valence-corrected chi connectivity index (χ1v) is 6.44. The van der Waals surface area contributed by atoms with Crippen molar-refractivity contribution >= 4 is 11.6 Å². The van der Waals surface area contributed by atoms with E-state index in [1.54, 1.807) is 37.4 Å². The van der Waals surface area contributed by atoms with Crippen LogP contribution in [0.3, 0.4) is 0 Å². The number of anilines is 1. The predicted octanol–water partition coefficient (Wildman–Crippen LogP) is 1.30. The summed E-state index contributed by atoms with van der Waals surface area (Å²) >= 11 is 0. The number of aliphatic hydroxyl groups excluding tert-OH is 1. The van der Waals surface area contributed by atoms with Gasteiger partial charge in [-0.3, -0.25) is 9.78 Å². The van der Waals surface area contributed by atoms with Gasteiger partial charge >= 0.3 is 0 Å². The number of benzene rings is 1. The van der Waals surface area contributed by atoms with Crippen molar-refractivity contribution < 1.29 is 15.0 Å². The molecule has 2 rings (SSSR count). The van der Waals surface area contributed by atoms with Crippen LogP contribution in [0.15, 0.2) is 30.5 Å². The van der Waals surface area contributed by atoms with Crippen molar-refractivity contribution in [3.63, 3.8) is 0 Å². The first-order valence-electron chi connectivity index (χ1n) is 6.44. The summed E-state index contributed by atoms with van der Waals surface area (Å²) in [6.07, 6.45) is 1.54. The van der Waals surface area contributed by atoms with Crippen LogP contribution in [0.2, 0.25) is 0 Å². The molecule has 0 radical (unpaired) electrons. The molecule has 1 aromatic heterocycles. The third-order valence-corrected chi connectivity index (χ3v) is 3.24. The van der Waals surface area contributed by atoms with Crippen LogP contribution in [0.1, 0.15) is 27.2 Å². The monoisotopic (exact) mass is 287 g/mol. The van der Waals surface area contributed by atoms with E-state index in [1.165, 1.54) is 0 Å². The average Bonchev–Trinajstić information content (AvgIpc) is 2.49.